The van der Waals surface area contributed by atoms with Crippen molar-refractivity contribution >= 4 is 21.6 Å². The number of fused-ring (bicyclic) bond motifs is 1. The lowest BCUT2D eigenvalue weighted by molar-refractivity contribution is 0.566. The molecule has 2 rings (SSSR count). The van der Waals surface area contributed by atoms with Gasteiger partial charge in [-0.15, -0.1) is 0 Å². The van der Waals surface area contributed by atoms with Crippen molar-refractivity contribution in [1.29, 1.82) is 5.26 Å². The molecule has 2 heterocycles. The molecule has 0 saturated carbocycles. The molecule has 0 spiro atoms. The van der Waals surface area contributed by atoms with Gasteiger partial charge < -0.3 is 4.40 Å². The number of rotatable bonds is 1. The topological polar surface area (TPSA) is 41.1 Å². The minimum Gasteiger partial charge on any atom is -0.302 e. The van der Waals surface area contributed by atoms with Crippen molar-refractivity contribution in [3.8, 4) is 6.07 Å². The second kappa shape index (κ2) is 4.15. The molecule has 2 aromatic rings. The monoisotopic (exact) mass is 291 g/mol. The first kappa shape index (κ1) is 12.1. The maximum Gasteiger partial charge on any atom is 0.151 e. The summed E-state index contributed by atoms with van der Waals surface area (Å²) in [6.45, 7) is 6.34. The van der Waals surface area contributed by atoms with E-state index in [2.05, 4.69) is 47.8 Å². The Hall–Kier alpha value is -1.34. The molecule has 2 aromatic heterocycles. The number of hydrogen-bond donors (Lipinski definition) is 0. The molecule has 0 aliphatic rings. The first-order chi connectivity index (χ1) is 7.95. The number of halogens is 1. The highest BCUT2D eigenvalue weighted by Crippen LogP contribution is 2.29. The maximum atomic E-state index is 8.95. The van der Waals surface area contributed by atoms with Crippen LogP contribution in [0, 0.1) is 11.3 Å². The Morgan fingerprint density at radius 1 is 1.47 bits per heavy atom. The van der Waals surface area contributed by atoms with E-state index in [1.54, 1.807) is 0 Å². The number of pyridine rings is 1. The normalized spacial score (nSPS) is 11.7. The number of nitriles is 1. The average Bonchev–Trinajstić information content (AvgIpc) is 2.59. The highest BCUT2D eigenvalue weighted by Gasteiger charge is 2.24. The second-order valence-electron chi connectivity index (χ2n) is 5.04. The van der Waals surface area contributed by atoms with Gasteiger partial charge in [0.25, 0.3) is 0 Å². The Morgan fingerprint density at radius 2 is 2.18 bits per heavy atom. The van der Waals surface area contributed by atoms with E-state index in [4.69, 9.17) is 5.26 Å². The fourth-order valence-electron chi connectivity index (χ4n) is 1.93. The number of imidazole rings is 1. The van der Waals surface area contributed by atoms with Crippen LogP contribution in [-0.4, -0.2) is 9.38 Å². The maximum absolute atomic E-state index is 8.95. The third-order valence-corrected chi connectivity index (χ3v) is 3.28. The standard InChI is InChI=1S/C13H14BrN3/c1-13(2,3)11-10(6-7-15)17-8-4-5-9(14)12(17)16-11/h4-5,8H,6H2,1-3H3. The lowest BCUT2D eigenvalue weighted by Gasteiger charge is -2.16. The molecule has 0 amide bonds. The van der Waals surface area contributed by atoms with Crippen LogP contribution in [0.4, 0.5) is 0 Å². The first-order valence-corrected chi connectivity index (χ1v) is 6.27. The van der Waals surface area contributed by atoms with Crippen molar-refractivity contribution in [3.63, 3.8) is 0 Å². The summed E-state index contributed by atoms with van der Waals surface area (Å²) in [5.74, 6) is 0. The van der Waals surface area contributed by atoms with Crippen molar-refractivity contribution in [2.45, 2.75) is 32.6 Å². The van der Waals surface area contributed by atoms with Gasteiger partial charge in [0.1, 0.15) is 0 Å². The Morgan fingerprint density at radius 3 is 2.76 bits per heavy atom. The van der Waals surface area contributed by atoms with Crippen molar-refractivity contribution in [1.82, 2.24) is 9.38 Å². The predicted octanol–water partition coefficient (Wildman–Crippen LogP) is 3.46. The van der Waals surface area contributed by atoms with E-state index in [0.717, 1.165) is 21.5 Å². The molecule has 0 aliphatic carbocycles. The van der Waals surface area contributed by atoms with Crippen LogP contribution in [0.3, 0.4) is 0 Å². The molecule has 0 bridgehead atoms. The molecule has 0 atom stereocenters. The summed E-state index contributed by atoms with van der Waals surface area (Å²) < 4.78 is 2.95. The molecule has 4 heteroatoms. The third kappa shape index (κ3) is 2.07. The molecule has 0 N–H and O–H groups in total. The summed E-state index contributed by atoms with van der Waals surface area (Å²) in [5, 5.41) is 8.95. The van der Waals surface area contributed by atoms with E-state index < -0.39 is 0 Å². The van der Waals surface area contributed by atoms with Crippen LogP contribution in [0.15, 0.2) is 22.8 Å². The molecular weight excluding hydrogens is 278 g/mol. The van der Waals surface area contributed by atoms with Gasteiger partial charge in [-0.25, -0.2) is 4.98 Å². The molecule has 88 valence electrons. The van der Waals surface area contributed by atoms with E-state index in [1.165, 1.54) is 0 Å². The first-order valence-electron chi connectivity index (χ1n) is 5.48. The van der Waals surface area contributed by atoms with Crippen molar-refractivity contribution in [2.24, 2.45) is 0 Å². The van der Waals surface area contributed by atoms with Crippen LogP contribution < -0.4 is 0 Å². The molecule has 0 saturated heterocycles. The van der Waals surface area contributed by atoms with Gasteiger partial charge in [0.2, 0.25) is 0 Å². The summed E-state index contributed by atoms with van der Waals surface area (Å²) in [5.41, 5.74) is 2.79. The van der Waals surface area contributed by atoms with Crippen LogP contribution in [0.1, 0.15) is 32.2 Å². The minimum absolute atomic E-state index is 0.0579. The minimum atomic E-state index is -0.0579. The van der Waals surface area contributed by atoms with Crippen LogP contribution in [0.25, 0.3) is 5.65 Å². The summed E-state index contributed by atoms with van der Waals surface area (Å²) in [6.07, 6.45) is 2.33. The summed E-state index contributed by atoms with van der Waals surface area (Å²) in [6, 6.07) is 6.13. The Bertz CT molecular complexity index is 599. The number of nitrogens with zero attached hydrogens (tertiary/aromatic N) is 3. The van der Waals surface area contributed by atoms with Crippen molar-refractivity contribution in [3.05, 3.63) is 34.2 Å². The quantitative estimate of drug-likeness (QED) is 0.807. The highest BCUT2D eigenvalue weighted by atomic mass is 79.9. The fraction of sp³-hybridized carbons (Fsp3) is 0.385. The van der Waals surface area contributed by atoms with E-state index in [-0.39, 0.29) is 5.41 Å². The van der Waals surface area contributed by atoms with Gasteiger partial charge in [-0.3, -0.25) is 0 Å². The predicted molar refractivity (Wildman–Crippen MR) is 70.9 cm³/mol. The zero-order valence-corrected chi connectivity index (χ0v) is 11.7. The Labute approximate surface area is 109 Å². The van der Waals surface area contributed by atoms with Gasteiger partial charge in [-0.1, -0.05) is 20.8 Å². The van der Waals surface area contributed by atoms with E-state index >= 15 is 0 Å². The molecule has 0 fully saturated rings. The van der Waals surface area contributed by atoms with Crippen molar-refractivity contribution < 1.29 is 0 Å². The van der Waals surface area contributed by atoms with Gasteiger partial charge in [-0.05, 0) is 28.1 Å². The van der Waals surface area contributed by atoms with Gasteiger partial charge in [0, 0.05) is 11.6 Å². The second-order valence-corrected chi connectivity index (χ2v) is 5.90. The third-order valence-electron chi connectivity index (χ3n) is 2.66. The van der Waals surface area contributed by atoms with Crippen LogP contribution in [0.5, 0.6) is 0 Å². The van der Waals surface area contributed by atoms with Crippen LogP contribution in [-0.2, 0) is 11.8 Å². The van der Waals surface area contributed by atoms with Crippen LogP contribution in [0.2, 0.25) is 0 Å². The van der Waals surface area contributed by atoms with Gasteiger partial charge in [-0.2, -0.15) is 5.26 Å². The smallest absolute Gasteiger partial charge is 0.151 e. The SMILES string of the molecule is CC(C)(C)c1nc2c(Br)cccn2c1CC#N. The summed E-state index contributed by atoms with van der Waals surface area (Å²) in [4.78, 5) is 4.67. The Balaban J connectivity index is 2.81. The average molecular weight is 292 g/mol. The van der Waals surface area contributed by atoms with Crippen LogP contribution >= 0.6 is 15.9 Å². The molecule has 17 heavy (non-hydrogen) atoms. The molecule has 0 unspecified atom stereocenters. The van der Waals surface area contributed by atoms with E-state index in [9.17, 15) is 0 Å². The fourth-order valence-corrected chi connectivity index (χ4v) is 2.36. The van der Waals surface area contributed by atoms with Gasteiger partial charge in [0.15, 0.2) is 5.65 Å². The number of hydrogen-bond acceptors (Lipinski definition) is 2. The number of aromatic nitrogens is 2. The summed E-state index contributed by atoms with van der Waals surface area (Å²) in [7, 11) is 0. The zero-order chi connectivity index (χ0) is 12.6. The largest absolute Gasteiger partial charge is 0.302 e. The lowest BCUT2D eigenvalue weighted by atomic mass is 9.90. The molecular formula is C13H14BrN3. The molecule has 3 nitrogen and oxygen atoms in total. The summed E-state index contributed by atoms with van der Waals surface area (Å²) >= 11 is 3.50. The highest BCUT2D eigenvalue weighted by molar-refractivity contribution is 9.10. The lowest BCUT2D eigenvalue weighted by Crippen LogP contribution is -2.14. The Kier molecular flexibility index (Phi) is 2.96. The molecule has 0 aromatic carbocycles. The van der Waals surface area contributed by atoms with Crippen molar-refractivity contribution in [2.75, 3.05) is 0 Å². The molecule has 0 aliphatic heterocycles. The van der Waals surface area contributed by atoms with E-state index in [1.807, 2.05) is 22.7 Å². The van der Waals surface area contributed by atoms with Gasteiger partial charge in [0.05, 0.1) is 28.4 Å². The van der Waals surface area contributed by atoms with Gasteiger partial charge >= 0.3 is 0 Å². The van der Waals surface area contributed by atoms with E-state index in [0.29, 0.717) is 6.42 Å². The zero-order valence-electron chi connectivity index (χ0n) is 10.2. The molecule has 0 radical (unpaired) electrons.